The lowest BCUT2D eigenvalue weighted by molar-refractivity contribution is 1.12. The smallest absolute Gasteiger partial charge is 0.138 e. The molecule has 0 amide bonds. The number of fused-ring (bicyclic) bond motifs is 2. The van der Waals surface area contributed by atoms with Gasteiger partial charge < -0.3 is 10.7 Å². The molecular weight excluding hydrogens is 386 g/mol. The molecule has 31 heavy (non-hydrogen) atoms. The lowest BCUT2D eigenvalue weighted by Crippen LogP contribution is -1.87. The van der Waals surface area contributed by atoms with Gasteiger partial charge in [0.05, 0.1) is 16.9 Å². The summed E-state index contributed by atoms with van der Waals surface area (Å²) >= 11 is 0. The van der Waals surface area contributed by atoms with E-state index in [-0.39, 0.29) is 0 Å². The fraction of sp³-hybridized carbons (Fsp3) is 0. The molecule has 7 nitrogen and oxygen atoms in total. The van der Waals surface area contributed by atoms with Gasteiger partial charge in [-0.3, -0.25) is 15.1 Å². The number of nitrogens with zero attached hydrogens (tertiary/aromatic N) is 4. The Hall–Kier alpha value is -4.52. The van der Waals surface area contributed by atoms with Gasteiger partial charge in [0.2, 0.25) is 0 Å². The minimum atomic E-state index is 0.635. The number of nitrogen functional groups attached to an aromatic ring is 1. The SMILES string of the molecule is Nc1cncc(-c2ccc3[nH]nc(-c4cc5c(-c6ccncc6)ccnc5[nH]4)c3c2)c1. The highest BCUT2D eigenvalue weighted by molar-refractivity contribution is 6.00. The van der Waals surface area contributed by atoms with Crippen LogP contribution >= 0.6 is 0 Å². The van der Waals surface area contributed by atoms with Crippen LogP contribution in [-0.2, 0) is 0 Å². The maximum atomic E-state index is 5.92. The molecule has 6 rings (SSSR count). The van der Waals surface area contributed by atoms with Crippen LogP contribution in [0.4, 0.5) is 5.69 Å². The van der Waals surface area contributed by atoms with Crippen molar-refractivity contribution in [2.75, 3.05) is 5.73 Å². The molecule has 0 aliphatic heterocycles. The molecule has 5 aromatic heterocycles. The second-order valence-electron chi connectivity index (χ2n) is 7.38. The molecule has 4 N–H and O–H groups in total. The van der Waals surface area contributed by atoms with Crippen molar-refractivity contribution < 1.29 is 0 Å². The second-order valence-corrected chi connectivity index (χ2v) is 7.38. The van der Waals surface area contributed by atoms with Gasteiger partial charge in [0, 0.05) is 47.3 Å². The van der Waals surface area contributed by atoms with E-state index in [0.29, 0.717) is 5.69 Å². The normalized spacial score (nSPS) is 11.4. The summed E-state index contributed by atoms with van der Waals surface area (Å²) in [7, 11) is 0. The molecule has 0 radical (unpaired) electrons. The summed E-state index contributed by atoms with van der Waals surface area (Å²) in [5, 5.41) is 9.76. The summed E-state index contributed by atoms with van der Waals surface area (Å²) in [6, 6.07) is 16.2. The van der Waals surface area contributed by atoms with Gasteiger partial charge in [-0.1, -0.05) is 6.07 Å². The van der Waals surface area contributed by atoms with E-state index in [0.717, 1.165) is 55.6 Å². The van der Waals surface area contributed by atoms with E-state index in [1.807, 2.05) is 48.8 Å². The highest BCUT2D eigenvalue weighted by Crippen LogP contribution is 2.34. The molecule has 0 fully saturated rings. The Kier molecular flexibility index (Phi) is 3.79. The van der Waals surface area contributed by atoms with Crippen molar-refractivity contribution in [3.8, 4) is 33.6 Å². The number of aromatic amines is 2. The molecular formula is C24H17N7. The maximum absolute atomic E-state index is 5.92. The van der Waals surface area contributed by atoms with Crippen molar-refractivity contribution in [2.24, 2.45) is 0 Å². The number of anilines is 1. The molecule has 7 heteroatoms. The zero-order chi connectivity index (χ0) is 20.8. The van der Waals surface area contributed by atoms with Gasteiger partial charge in [-0.25, -0.2) is 4.98 Å². The number of hydrogen-bond donors (Lipinski definition) is 3. The molecule has 0 saturated heterocycles. The lowest BCUT2D eigenvalue weighted by atomic mass is 10.0. The van der Waals surface area contributed by atoms with Crippen LogP contribution in [0.25, 0.3) is 55.6 Å². The number of aromatic nitrogens is 6. The summed E-state index contributed by atoms with van der Waals surface area (Å²) in [4.78, 5) is 16.3. The van der Waals surface area contributed by atoms with Crippen LogP contribution < -0.4 is 5.73 Å². The number of rotatable bonds is 3. The fourth-order valence-corrected chi connectivity index (χ4v) is 3.95. The maximum Gasteiger partial charge on any atom is 0.138 e. The van der Waals surface area contributed by atoms with E-state index in [9.17, 15) is 0 Å². The molecule has 0 unspecified atom stereocenters. The Morgan fingerprint density at radius 2 is 1.65 bits per heavy atom. The van der Waals surface area contributed by atoms with Crippen LogP contribution in [0.3, 0.4) is 0 Å². The van der Waals surface area contributed by atoms with Crippen molar-refractivity contribution in [3.63, 3.8) is 0 Å². The molecule has 0 atom stereocenters. The van der Waals surface area contributed by atoms with Gasteiger partial charge in [-0.05, 0) is 59.2 Å². The van der Waals surface area contributed by atoms with Crippen LogP contribution in [0.1, 0.15) is 0 Å². The third-order valence-electron chi connectivity index (χ3n) is 5.43. The van der Waals surface area contributed by atoms with Crippen LogP contribution in [-0.4, -0.2) is 30.1 Å². The molecule has 0 aliphatic carbocycles. The molecule has 148 valence electrons. The fourth-order valence-electron chi connectivity index (χ4n) is 3.95. The van der Waals surface area contributed by atoms with E-state index in [4.69, 9.17) is 5.73 Å². The zero-order valence-electron chi connectivity index (χ0n) is 16.4. The summed E-state index contributed by atoms with van der Waals surface area (Å²) in [5.74, 6) is 0. The highest BCUT2D eigenvalue weighted by atomic mass is 15.1. The third-order valence-corrected chi connectivity index (χ3v) is 5.43. The van der Waals surface area contributed by atoms with Crippen molar-refractivity contribution in [2.45, 2.75) is 0 Å². The number of pyridine rings is 3. The summed E-state index contributed by atoms with van der Waals surface area (Å²) in [6.07, 6.45) is 8.85. The predicted octanol–water partition coefficient (Wildman–Crippen LogP) is 4.81. The van der Waals surface area contributed by atoms with Crippen LogP contribution in [0, 0.1) is 0 Å². The average Bonchev–Trinajstić information content (AvgIpc) is 3.43. The Bertz CT molecular complexity index is 1550. The molecule has 0 bridgehead atoms. The molecule has 0 aliphatic rings. The third kappa shape index (κ3) is 2.91. The second kappa shape index (κ2) is 6.77. The zero-order valence-corrected chi connectivity index (χ0v) is 16.4. The van der Waals surface area contributed by atoms with E-state index >= 15 is 0 Å². The van der Waals surface area contributed by atoms with Crippen LogP contribution in [0.5, 0.6) is 0 Å². The first-order chi connectivity index (χ1) is 15.3. The van der Waals surface area contributed by atoms with Gasteiger partial charge >= 0.3 is 0 Å². The van der Waals surface area contributed by atoms with Gasteiger partial charge in [0.25, 0.3) is 0 Å². The first-order valence-electron chi connectivity index (χ1n) is 9.84. The Balaban J connectivity index is 1.51. The van der Waals surface area contributed by atoms with Gasteiger partial charge in [-0.2, -0.15) is 5.10 Å². The number of benzene rings is 1. The minimum Gasteiger partial charge on any atom is -0.397 e. The topological polar surface area (TPSA) is 109 Å². The Morgan fingerprint density at radius 3 is 2.52 bits per heavy atom. The van der Waals surface area contributed by atoms with Crippen LogP contribution in [0.2, 0.25) is 0 Å². The first-order valence-corrected chi connectivity index (χ1v) is 9.84. The van der Waals surface area contributed by atoms with Crippen molar-refractivity contribution in [3.05, 3.63) is 79.5 Å². The number of hydrogen-bond acceptors (Lipinski definition) is 5. The van der Waals surface area contributed by atoms with Crippen LogP contribution in [0.15, 0.2) is 79.5 Å². The first kappa shape index (κ1) is 17.3. The lowest BCUT2D eigenvalue weighted by Gasteiger charge is -2.03. The minimum absolute atomic E-state index is 0.635. The number of nitrogens with two attached hydrogens (primary N) is 1. The summed E-state index contributed by atoms with van der Waals surface area (Å²) < 4.78 is 0. The van der Waals surface area contributed by atoms with Gasteiger partial charge in [-0.15, -0.1) is 0 Å². The molecule has 5 heterocycles. The molecule has 0 saturated carbocycles. The highest BCUT2D eigenvalue weighted by Gasteiger charge is 2.15. The predicted molar refractivity (Wildman–Crippen MR) is 122 cm³/mol. The monoisotopic (exact) mass is 403 g/mol. The Labute approximate surface area is 177 Å². The van der Waals surface area contributed by atoms with E-state index in [1.54, 1.807) is 18.6 Å². The largest absolute Gasteiger partial charge is 0.397 e. The number of H-pyrrole nitrogens is 2. The van der Waals surface area contributed by atoms with Gasteiger partial charge in [0.1, 0.15) is 11.3 Å². The Morgan fingerprint density at radius 1 is 0.742 bits per heavy atom. The van der Waals surface area contributed by atoms with Crippen molar-refractivity contribution in [1.29, 1.82) is 0 Å². The van der Waals surface area contributed by atoms with E-state index in [2.05, 4.69) is 42.3 Å². The average molecular weight is 403 g/mol. The summed E-state index contributed by atoms with van der Waals surface area (Å²) in [5.41, 5.74) is 14.3. The van der Waals surface area contributed by atoms with Crippen molar-refractivity contribution in [1.82, 2.24) is 30.1 Å². The summed E-state index contributed by atoms with van der Waals surface area (Å²) in [6.45, 7) is 0. The molecule has 6 aromatic rings. The van der Waals surface area contributed by atoms with E-state index < -0.39 is 0 Å². The number of nitrogens with one attached hydrogen (secondary N) is 2. The van der Waals surface area contributed by atoms with Gasteiger partial charge in [0.15, 0.2) is 0 Å². The van der Waals surface area contributed by atoms with E-state index in [1.165, 1.54) is 0 Å². The quantitative estimate of drug-likeness (QED) is 0.393. The molecule has 1 aromatic carbocycles. The standard InChI is InChI=1S/C24H17N7/c25-17-9-16(12-27-13-17)15-1-2-21-20(10-15)23(31-30-21)22-11-19-18(5-8-28-24(19)29-22)14-3-6-26-7-4-14/h1-13H,25H2,(H,28,29)(H,30,31). The molecule has 0 spiro atoms. The van der Waals surface area contributed by atoms with Crippen molar-refractivity contribution >= 4 is 27.6 Å².